The van der Waals surface area contributed by atoms with Crippen LogP contribution in [-0.4, -0.2) is 13.4 Å². The third-order valence-corrected chi connectivity index (χ3v) is 5.33. The number of hydrogen-bond donors (Lipinski definition) is 1. The Morgan fingerprint density at radius 1 is 1.09 bits per heavy atom. The van der Waals surface area contributed by atoms with Gasteiger partial charge in [0, 0.05) is 11.6 Å². The maximum atomic E-state index is 13.4. The van der Waals surface area contributed by atoms with Crippen molar-refractivity contribution < 1.29 is 17.2 Å². The molecule has 0 atom stereocenters. The highest BCUT2D eigenvalue weighted by Crippen LogP contribution is 2.23. The zero-order valence-corrected chi connectivity index (χ0v) is 12.9. The first-order valence-corrected chi connectivity index (χ1v) is 8.18. The van der Waals surface area contributed by atoms with Crippen LogP contribution in [0.3, 0.4) is 0 Å². The molecule has 1 heterocycles. The number of halogens is 3. The summed E-state index contributed by atoms with van der Waals surface area (Å²) in [5, 5.41) is -0.378. The second-order valence-corrected chi connectivity index (χ2v) is 7.08. The summed E-state index contributed by atoms with van der Waals surface area (Å²) >= 11 is 5.64. The molecule has 0 aliphatic rings. The van der Waals surface area contributed by atoms with Gasteiger partial charge in [0.1, 0.15) is 16.5 Å². The van der Waals surface area contributed by atoms with Gasteiger partial charge < -0.3 is 4.98 Å². The number of hydrogen-bond acceptors (Lipinski definition) is 3. The summed E-state index contributed by atoms with van der Waals surface area (Å²) in [6.07, 6.45) is 0.957. The monoisotopic (exact) mass is 355 g/mol. The van der Waals surface area contributed by atoms with Gasteiger partial charge in [-0.1, -0.05) is 17.7 Å². The number of aromatic amines is 1. The Hall–Kier alpha value is -2.25. The number of pyridine rings is 1. The highest BCUT2D eigenvalue weighted by atomic mass is 35.5. The SMILES string of the molecule is O=c1c(S(=O)(=O)c2cccc(F)c2)c[nH]c2cc(F)c(Cl)cc12. The van der Waals surface area contributed by atoms with Crippen molar-refractivity contribution >= 4 is 32.3 Å². The van der Waals surface area contributed by atoms with Crippen LogP contribution in [0.4, 0.5) is 8.78 Å². The summed E-state index contributed by atoms with van der Waals surface area (Å²) in [6.45, 7) is 0. The van der Waals surface area contributed by atoms with Crippen LogP contribution in [0.25, 0.3) is 10.9 Å². The van der Waals surface area contributed by atoms with Crippen LogP contribution >= 0.6 is 11.6 Å². The van der Waals surface area contributed by atoms with E-state index in [-0.39, 0.29) is 20.8 Å². The largest absolute Gasteiger partial charge is 0.360 e. The summed E-state index contributed by atoms with van der Waals surface area (Å²) in [5.41, 5.74) is -0.736. The summed E-state index contributed by atoms with van der Waals surface area (Å²) in [7, 11) is -4.23. The van der Waals surface area contributed by atoms with E-state index in [9.17, 15) is 22.0 Å². The van der Waals surface area contributed by atoms with Crippen molar-refractivity contribution in [1.82, 2.24) is 4.98 Å². The van der Waals surface area contributed by atoms with E-state index in [1.165, 1.54) is 12.1 Å². The van der Waals surface area contributed by atoms with E-state index in [1.807, 2.05) is 0 Å². The van der Waals surface area contributed by atoms with E-state index < -0.39 is 31.8 Å². The first-order chi connectivity index (χ1) is 10.8. The highest BCUT2D eigenvalue weighted by Gasteiger charge is 2.23. The van der Waals surface area contributed by atoms with Gasteiger partial charge in [-0.25, -0.2) is 17.2 Å². The van der Waals surface area contributed by atoms with E-state index >= 15 is 0 Å². The van der Waals surface area contributed by atoms with E-state index in [2.05, 4.69) is 4.98 Å². The van der Waals surface area contributed by atoms with Crippen molar-refractivity contribution in [3.8, 4) is 0 Å². The highest BCUT2D eigenvalue weighted by molar-refractivity contribution is 7.91. The van der Waals surface area contributed by atoms with Gasteiger partial charge in [-0.15, -0.1) is 0 Å². The van der Waals surface area contributed by atoms with Gasteiger partial charge in [0.25, 0.3) is 0 Å². The van der Waals surface area contributed by atoms with Gasteiger partial charge in [0.2, 0.25) is 15.3 Å². The number of nitrogens with one attached hydrogen (secondary N) is 1. The number of H-pyrrole nitrogens is 1. The van der Waals surface area contributed by atoms with Crippen LogP contribution in [0.2, 0.25) is 5.02 Å². The normalized spacial score (nSPS) is 11.8. The molecule has 0 saturated carbocycles. The summed E-state index contributed by atoms with van der Waals surface area (Å²) < 4.78 is 51.7. The van der Waals surface area contributed by atoms with Crippen molar-refractivity contribution in [3.63, 3.8) is 0 Å². The minimum atomic E-state index is -4.23. The molecule has 0 spiro atoms. The molecule has 3 rings (SSSR count). The molecule has 23 heavy (non-hydrogen) atoms. The number of fused-ring (bicyclic) bond motifs is 1. The number of aromatic nitrogens is 1. The summed E-state index contributed by atoms with van der Waals surface area (Å²) in [4.78, 5) is 14.0. The lowest BCUT2D eigenvalue weighted by atomic mass is 10.2. The molecule has 118 valence electrons. The first-order valence-electron chi connectivity index (χ1n) is 6.32. The third kappa shape index (κ3) is 2.62. The van der Waals surface area contributed by atoms with Gasteiger partial charge in [0.15, 0.2) is 0 Å². The molecule has 0 saturated heterocycles. The fraction of sp³-hybridized carbons (Fsp3) is 0. The van der Waals surface area contributed by atoms with Gasteiger partial charge >= 0.3 is 0 Å². The second kappa shape index (κ2) is 5.43. The Morgan fingerprint density at radius 2 is 1.83 bits per heavy atom. The number of benzene rings is 2. The zero-order valence-electron chi connectivity index (χ0n) is 11.3. The van der Waals surface area contributed by atoms with Crippen LogP contribution in [0.1, 0.15) is 0 Å². The van der Waals surface area contributed by atoms with Crippen molar-refractivity contribution in [1.29, 1.82) is 0 Å². The molecule has 0 radical (unpaired) electrons. The van der Waals surface area contributed by atoms with Gasteiger partial charge in [0.05, 0.1) is 15.4 Å². The standard InChI is InChI=1S/C15H8ClF2NO3S/c16-11-5-10-13(6-12(11)18)19-7-14(15(10)20)23(21,22)9-3-1-2-8(17)4-9/h1-7H,(H,19,20). The molecule has 3 aromatic rings. The molecule has 0 aliphatic heterocycles. The van der Waals surface area contributed by atoms with Crippen molar-refractivity contribution in [2.75, 3.05) is 0 Å². The molecular formula is C15H8ClF2NO3S. The second-order valence-electron chi connectivity index (χ2n) is 4.75. The van der Waals surface area contributed by atoms with Crippen LogP contribution in [0, 0.1) is 11.6 Å². The van der Waals surface area contributed by atoms with Gasteiger partial charge in [-0.05, 0) is 30.3 Å². The van der Waals surface area contributed by atoms with Crippen LogP contribution in [0.5, 0.6) is 0 Å². The molecule has 8 heteroatoms. The average molecular weight is 356 g/mol. The summed E-state index contributed by atoms with van der Waals surface area (Å²) in [5.74, 6) is -1.48. The Kier molecular flexibility index (Phi) is 3.69. The third-order valence-electron chi connectivity index (χ3n) is 3.28. The Labute approximate surface area is 134 Å². The van der Waals surface area contributed by atoms with Crippen LogP contribution in [0.15, 0.2) is 57.2 Å². The van der Waals surface area contributed by atoms with E-state index in [0.29, 0.717) is 0 Å². The topological polar surface area (TPSA) is 67.0 Å². The fourth-order valence-corrected chi connectivity index (χ4v) is 3.67. The first kappa shape index (κ1) is 15.6. The molecule has 1 aromatic heterocycles. The maximum Gasteiger partial charge on any atom is 0.212 e. The molecule has 0 unspecified atom stereocenters. The smallest absolute Gasteiger partial charge is 0.212 e. The molecule has 4 nitrogen and oxygen atoms in total. The van der Waals surface area contributed by atoms with Crippen molar-refractivity contribution in [2.45, 2.75) is 9.79 Å². The molecule has 2 aromatic carbocycles. The molecule has 1 N–H and O–H groups in total. The van der Waals surface area contributed by atoms with Gasteiger partial charge in [-0.3, -0.25) is 4.79 Å². The Morgan fingerprint density at radius 3 is 2.52 bits per heavy atom. The Balaban J connectivity index is 2.30. The minimum Gasteiger partial charge on any atom is -0.360 e. The molecule has 0 amide bonds. The number of rotatable bonds is 2. The van der Waals surface area contributed by atoms with E-state index in [4.69, 9.17) is 11.6 Å². The fourth-order valence-electron chi connectivity index (χ4n) is 2.16. The molecule has 0 aliphatic carbocycles. The quantitative estimate of drug-likeness (QED) is 0.767. The lowest BCUT2D eigenvalue weighted by molar-refractivity contribution is 0.590. The molecule has 0 fully saturated rings. The minimum absolute atomic E-state index is 0.0751. The predicted octanol–water partition coefficient (Wildman–Crippen LogP) is 3.29. The lowest BCUT2D eigenvalue weighted by Gasteiger charge is -2.06. The zero-order chi connectivity index (χ0) is 16.8. The molecular weight excluding hydrogens is 348 g/mol. The predicted molar refractivity (Wildman–Crippen MR) is 81.4 cm³/mol. The van der Waals surface area contributed by atoms with Crippen molar-refractivity contribution in [2.24, 2.45) is 0 Å². The summed E-state index contributed by atoms with van der Waals surface area (Å²) in [6, 6.07) is 6.36. The van der Waals surface area contributed by atoms with E-state index in [1.54, 1.807) is 0 Å². The van der Waals surface area contributed by atoms with E-state index in [0.717, 1.165) is 30.5 Å². The van der Waals surface area contributed by atoms with Crippen molar-refractivity contribution in [3.05, 3.63) is 69.5 Å². The van der Waals surface area contributed by atoms with Gasteiger partial charge in [-0.2, -0.15) is 0 Å². The van der Waals surface area contributed by atoms with Crippen LogP contribution < -0.4 is 5.43 Å². The number of sulfone groups is 1. The molecule has 0 bridgehead atoms. The Bertz CT molecular complexity index is 1090. The van der Waals surface area contributed by atoms with Crippen LogP contribution in [-0.2, 0) is 9.84 Å². The lowest BCUT2D eigenvalue weighted by Crippen LogP contribution is -2.16. The maximum absolute atomic E-state index is 13.4. The average Bonchev–Trinajstić information content (AvgIpc) is 2.49.